The summed E-state index contributed by atoms with van der Waals surface area (Å²) in [6.07, 6.45) is 0. The van der Waals surface area contributed by atoms with Crippen LogP contribution in [-0.2, 0) is 9.59 Å². The number of benzene rings is 3. The average molecular weight is 456 g/mol. The molecule has 1 aliphatic heterocycles. The van der Waals surface area contributed by atoms with Crippen molar-refractivity contribution in [2.24, 2.45) is 0 Å². The zero-order chi connectivity index (χ0) is 24.1. The minimum Gasteiger partial charge on any atom is -0.492 e. The highest BCUT2D eigenvalue weighted by molar-refractivity contribution is 6.46. The van der Waals surface area contributed by atoms with E-state index in [2.05, 4.69) is 24.1 Å². The van der Waals surface area contributed by atoms with Crippen molar-refractivity contribution in [1.29, 1.82) is 0 Å². The number of carbonyl (C=O) groups excluding carboxylic acids is 2. The number of nitrogens with one attached hydrogen (secondary N) is 1. The first kappa shape index (κ1) is 23.1. The van der Waals surface area contributed by atoms with Crippen molar-refractivity contribution >= 4 is 34.4 Å². The molecular formula is C28H29N3O3. The predicted octanol–water partition coefficient (Wildman–Crippen LogP) is 5.33. The minimum atomic E-state index is -0.397. The Morgan fingerprint density at radius 2 is 1.44 bits per heavy atom. The molecule has 6 heteroatoms. The molecule has 0 aromatic heterocycles. The molecule has 0 saturated carbocycles. The fraction of sp³-hybridized carbons (Fsp3) is 0.214. The normalized spacial score (nSPS) is 13.4. The first-order valence-electron chi connectivity index (χ1n) is 11.6. The summed E-state index contributed by atoms with van der Waals surface area (Å²) in [4.78, 5) is 30.7. The van der Waals surface area contributed by atoms with Gasteiger partial charge in [-0.2, -0.15) is 0 Å². The van der Waals surface area contributed by atoms with Gasteiger partial charge in [0.2, 0.25) is 0 Å². The van der Waals surface area contributed by atoms with Gasteiger partial charge in [0.15, 0.2) is 0 Å². The molecule has 34 heavy (non-hydrogen) atoms. The molecule has 1 heterocycles. The van der Waals surface area contributed by atoms with E-state index in [1.807, 2.05) is 85.8 Å². The fourth-order valence-electron chi connectivity index (χ4n) is 4.14. The summed E-state index contributed by atoms with van der Waals surface area (Å²) >= 11 is 0. The molecule has 0 spiro atoms. The van der Waals surface area contributed by atoms with Gasteiger partial charge in [0.1, 0.15) is 11.4 Å². The van der Waals surface area contributed by atoms with Crippen LogP contribution in [0.25, 0.3) is 5.57 Å². The van der Waals surface area contributed by atoms with Crippen molar-refractivity contribution < 1.29 is 14.3 Å². The van der Waals surface area contributed by atoms with E-state index in [-0.39, 0.29) is 11.6 Å². The van der Waals surface area contributed by atoms with Gasteiger partial charge in [-0.1, -0.05) is 42.5 Å². The van der Waals surface area contributed by atoms with Gasteiger partial charge in [-0.3, -0.25) is 9.59 Å². The monoisotopic (exact) mass is 455 g/mol. The summed E-state index contributed by atoms with van der Waals surface area (Å²) in [5, 5.41) is 3.21. The summed E-state index contributed by atoms with van der Waals surface area (Å²) in [5.41, 5.74) is 3.47. The average Bonchev–Trinajstić information content (AvgIpc) is 3.11. The number of carbonyl (C=O) groups is 2. The van der Waals surface area contributed by atoms with Gasteiger partial charge in [0, 0.05) is 18.8 Å². The molecule has 0 unspecified atom stereocenters. The highest BCUT2D eigenvalue weighted by Crippen LogP contribution is 2.36. The van der Waals surface area contributed by atoms with Crippen LogP contribution in [0.4, 0.5) is 17.1 Å². The largest absolute Gasteiger partial charge is 0.492 e. The van der Waals surface area contributed by atoms with Crippen molar-refractivity contribution in [2.75, 3.05) is 34.8 Å². The van der Waals surface area contributed by atoms with Gasteiger partial charge >= 0.3 is 0 Å². The van der Waals surface area contributed by atoms with Crippen LogP contribution in [0.1, 0.15) is 26.3 Å². The molecule has 3 aromatic carbocycles. The predicted molar refractivity (Wildman–Crippen MR) is 137 cm³/mol. The van der Waals surface area contributed by atoms with Gasteiger partial charge < -0.3 is 15.0 Å². The van der Waals surface area contributed by atoms with Gasteiger partial charge in [0.25, 0.3) is 11.8 Å². The maximum Gasteiger partial charge on any atom is 0.282 e. The van der Waals surface area contributed by atoms with Gasteiger partial charge in [-0.25, -0.2) is 4.90 Å². The highest BCUT2D eigenvalue weighted by Gasteiger charge is 2.40. The lowest BCUT2D eigenvalue weighted by Gasteiger charge is -2.22. The molecule has 1 N–H and O–H groups in total. The number of ether oxygens (including phenoxy) is 1. The number of anilines is 3. The molecule has 0 aliphatic carbocycles. The summed E-state index contributed by atoms with van der Waals surface area (Å²) in [6.45, 7) is 8.34. The van der Waals surface area contributed by atoms with Crippen LogP contribution < -0.4 is 19.9 Å². The fourth-order valence-corrected chi connectivity index (χ4v) is 4.14. The first-order chi connectivity index (χ1) is 16.6. The number of imide groups is 1. The molecule has 0 fully saturated rings. The number of para-hydroxylation sites is 2. The van der Waals surface area contributed by atoms with Gasteiger partial charge in [-0.05, 0) is 62.7 Å². The molecule has 3 aromatic rings. The van der Waals surface area contributed by atoms with Gasteiger partial charge in [0.05, 0.1) is 23.6 Å². The third-order valence-corrected chi connectivity index (χ3v) is 5.83. The van der Waals surface area contributed by atoms with E-state index in [9.17, 15) is 9.59 Å². The molecule has 0 bridgehead atoms. The van der Waals surface area contributed by atoms with Crippen molar-refractivity contribution in [1.82, 2.24) is 0 Å². The Kier molecular flexibility index (Phi) is 6.97. The zero-order valence-electron chi connectivity index (χ0n) is 19.7. The standard InChI is InChI=1S/C28H29N3O3/c1-4-30(5-2)21-16-18-22(19-17-21)31-27(32)25(20-12-8-7-9-13-20)26(28(31)33)29-23-14-10-11-15-24(23)34-6-3/h7-19,29H,4-6H2,1-3H3. The van der Waals surface area contributed by atoms with Crippen molar-refractivity contribution in [3.8, 4) is 5.75 Å². The second-order valence-electron chi connectivity index (χ2n) is 7.80. The lowest BCUT2D eigenvalue weighted by Crippen LogP contribution is -2.32. The summed E-state index contributed by atoms with van der Waals surface area (Å²) in [5.74, 6) is -0.138. The maximum atomic E-state index is 13.6. The molecule has 1 aliphatic rings. The Morgan fingerprint density at radius 3 is 2.09 bits per heavy atom. The van der Waals surface area contributed by atoms with Crippen molar-refractivity contribution in [2.45, 2.75) is 20.8 Å². The van der Waals surface area contributed by atoms with Crippen molar-refractivity contribution in [3.05, 3.63) is 90.1 Å². The number of hydrogen-bond acceptors (Lipinski definition) is 5. The van der Waals surface area contributed by atoms with E-state index >= 15 is 0 Å². The number of rotatable bonds is 9. The topological polar surface area (TPSA) is 61.9 Å². The van der Waals surface area contributed by atoms with Crippen LogP contribution in [0.15, 0.2) is 84.6 Å². The molecule has 0 atom stereocenters. The van der Waals surface area contributed by atoms with Crippen LogP contribution >= 0.6 is 0 Å². The SMILES string of the molecule is CCOc1ccccc1NC1=C(c2ccccc2)C(=O)N(c2ccc(N(CC)CC)cc2)C1=O. The van der Waals surface area contributed by atoms with E-state index in [0.29, 0.717) is 34.9 Å². The van der Waals surface area contributed by atoms with E-state index < -0.39 is 5.91 Å². The lowest BCUT2D eigenvalue weighted by molar-refractivity contribution is -0.120. The Labute approximate surface area is 200 Å². The maximum absolute atomic E-state index is 13.6. The third-order valence-electron chi connectivity index (χ3n) is 5.83. The van der Waals surface area contributed by atoms with Gasteiger partial charge in [-0.15, -0.1) is 0 Å². The van der Waals surface area contributed by atoms with Crippen LogP contribution in [0.5, 0.6) is 5.75 Å². The molecule has 2 amide bonds. The van der Waals surface area contributed by atoms with Crippen LogP contribution in [0, 0.1) is 0 Å². The van der Waals surface area contributed by atoms with E-state index in [0.717, 1.165) is 18.8 Å². The summed E-state index contributed by atoms with van der Waals surface area (Å²) < 4.78 is 5.72. The molecule has 6 nitrogen and oxygen atoms in total. The second kappa shape index (κ2) is 10.3. The molecular weight excluding hydrogens is 426 g/mol. The smallest absolute Gasteiger partial charge is 0.282 e. The molecule has 174 valence electrons. The quantitative estimate of drug-likeness (QED) is 0.442. The Balaban J connectivity index is 1.75. The number of hydrogen-bond donors (Lipinski definition) is 1. The van der Waals surface area contributed by atoms with Crippen LogP contribution in [-0.4, -0.2) is 31.5 Å². The minimum absolute atomic E-state index is 0.233. The van der Waals surface area contributed by atoms with Crippen LogP contribution in [0.2, 0.25) is 0 Å². The lowest BCUT2D eigenvalue weighted by atomic mass is 10.0. The zero-order valence-corrected chi connectivity index (χ0v) is 19.7. The number of nitrogens with zero attached hydrogens (tertiary/aromatic N) is 2. The Bertz CT molecular complexity index is 1200. The van der Waals surface area contributed by atoms with E-state index in [1.54, 1.807) is 0 Å². The third kappa shape index (κ3) is 4.39. The first-order valence-corrected chi connectivity index (χ1v) is 11.6. The molecule has 0 saturated heterocycles. The van der Waals surface area contributed by atoms with E-state index in [1.165, 1.54) is 4.90 Å². The summed E-state index contributed by atoms with van der Waals surface area (Å²) in [6, 6.07) is 24.2. The second-order valence-corrected chi connectivity index (χ2v) is 7.80. The highest BCUT2D eigenvalue weighted by atomic mass is 16.5. The van der Waals surface area contributed by atoms with Crippen LogP contribution in [0.3, 0.4) is 0 Å². The van der Waals surface area contributed by atoms with E-state index in [4.69, 9.17) is 4.74 Å². The summed E-state index contributed by atoms with van der Waals surface area (Å²) in [7, 11) is 0. The number of amides is 2. The Hall–Kier alpha value is -4.06. The van der Waals surface area contributed by atoms with Crippen molar-refractivity contribution in [3.63, 3.8) is 0 Å². The Morgan fingerprint density at radius 1 is 0.794 bits per heavy atom. The molecule has 4 rings (SSSR count). The molecule has 0 radical (unpaired) electrons.